The second kappa shape index (κ2) is 5.59. The lowest BCUT2D eigenvalue weighted by Gasteiger charge is -2.04. The number of rotatable bonds is 4. The fraction of sp³-hybridized carbons (Fsp3) is 0.111. The van der Waals surface area contributed by atoms with Gasteiger partial charge in [-0.05, 0) is 34.7 Å². The number of aromatic nitrogens is 2. The van der Waals surface area contributed by atoms with Crippen LogP contribution >= 0.6 is 23.3 Å². The maximum Gasteiger partial charge on any atom is 0.488 e. The van der Waals surface area contributed by atoms with E-state index in [0.717, 1.165) is 10.4 Å². The molecular formula is C9H8BFN2O2S2. The van der Waals surface area contributed by atoms with Gasteiger partial charge in [-0.1, -0.05) is 17.8 Å². The molecule has 0 saturated carbocycles. The van der Waals surface area contributed by atoms with Gasteiger partial charge in [0.25, 0.3) is 0 Å². The van der Waals surface area contributed by atoms with Crippen LogP contribution in [-0.4, -0.2) is 26.5 Å². The van der Waals surface area contributed by atoms with Crippen LogP contribution in [0.4, 0.5) is 4.39 Å². The van der Waals surface area contributed by atoms with Gasteiger partial charge >= 0.3 is 7.12 Å². The first-order valence-electron chi connectivity index (χ1n) is 4.70. The standard InChI is InChI=1S/C9H8BFN2O2S2/c11-8-2-6(1-7(3-8)10(14)15)4-16-9-12-5-13-17-9/h1-3,5,14-15H,4H2. The van der Waals surface area contributed by atoms with Gasteiger partial charge in [-0.15, -0.1) is 0 Å². The molecule has 2 rings (SSSR count). The molecule has 0 bridgehead atoms. The maximum absolute atomic E-state index is 13.2. The molecule has 0 unspecified atom stereocenters. The van der Waals surface area contributed by atoms with Crippen molar-refractivity contribution in [3.63, 3.8) is 0 Å². The van der Waals surface area contributed by atoms with Crippen molar-refractivity contribution < 1.29 is 14.4 Å². The van der Waals surface area contributed by atoms with Crippen molar-refractivity contribution in [1.29, 1.82) is 0 Å². The van der Waals surface area contributed by atoms with Crippen LogP contribution in [0.3, 0.4) is 0 Å². The molecule has 0 aliphatic carbocycles. The van der Waals surface area contributed by atoms with E-state index in [0.29, 0.717) is 11.3 Å². The van der Waals surface area contributed by atoms with Crippen LogP contribution in [0, 0.1) is 5.82 Å². The summed E-state index contributed by atoms with van der Waals surface area (Å²) >= 11 is 2.69. The number of thioether (sulfide) groups is 1. The Kier molecular flexibility index (Phi) is 4.11. The molecule has 0 saturated heterocycles. The van der Waals surface area contributed by atoms with E-state index in [1.165, 1.54) is 35.7 Å². The van der Waals surface area contributed by atoms with E-state index in [9.17, 15) is 4.39 Å². The Morgan fingerprint density at radius 1 is 1.35 bits per heavy atom. The molecule has 17 heavy (non-hydrogen) atoms. The monoisotopic (exact) mass is 270 g/mol. The molecule has 0 spiro atoms. The Morgan fingerprint density at radius 2 is 2.18 bits per heavy atom. The zero-order valence-corrected chi connectivity index (χ0v) is 10.2. The van der Waals surface area contributed by atoms with Gasteiger partial charge in [-0.3, -0.25) is 0 Å². The first kappa shape index (κ1) is 12.5. The zero-order chi connectivity index (χ0) is 12.3. The van der Waals surface area contributed by atoms with Crippen LogP contribution in [0.1, 0.15) is 5.56 Å². The molecule has 4 nitrogen and oxygen atoms in total. The smallest absolute Gasteiger partial charge is 0.423 e. The fourth-order valence-electron chi connectivity index (χ4n) is 1.28. The normalized spacial score (nSPS) is 10.5. The summed E-state index contributed by atoms with van der Waals surface area (Å²) in [5.74, 6) is 0.0237. The summed E-state index contributed by atoms with van der Waals surface area (Å²) < 4.78 is 17.8. The van der Waals surface area contributed by atoms with Crippen molar-refractivity contribution in [3.8, 4) is 0 Å². The van der Waals surface area contributed by atoms with Crippen LogP contribution in [0.25, 0.3) is 0 Å². The fourth-order valence-corrected chi connectivity index (χ4v) is 2.65. The van der Waals surface area contributed by atoms with Crippen molar-refractivity contribution in [1.82, 2.24) is 9.36 Å². The van der Waals surface area contributed by atoms with Crippen molar-refractivity contribution in [2.24, 2.45) is 0 Å². The molecule has 1 heterocycles. The minimum atomic E-state index is -1.66. The first-order chi connectivity index (χ1) is 8.15. The molecule has 88 valence electrons. The summed E-state index contributed by atoms with van der Waals surface area (Å²) in [7, 11) is -1.66. The third-order valence-corrected chi connectivity index (χ3v) is 3.85. The minimum Gasteiger partial charge on any atom is -0.423 e. The molecule has 0 fully saturated rings. The molecule has 2 aromatic rings. The van der Waals surface area contributed by atoms with Gasteiger partial charge in [-0.25, -0.2) is 9.37 Å². The van der Waals surface area contributed by atoms with E-state index in [1.807, 2.05) is 0 Å². The van der Waals surface area contributed by atoms with Crippen molar-refractivity contribution in [2.75, 3.05) is 0 Å². The predicted molar refractivity (Wildman–Crippen MR) is 65.7 cm³/mol. The lowest BCUT2D eigenvalue weighted by atomic mass is 9.79. The highest BCUT2D eigenvalue weighted by Gasteiger charge is 2.13. The number of halogens is 1. The lowest BCUT2D eigenvalue weighted by Crippen LogP contribution is -2.30. The van der Waals surface area contributed by atoms with Gasteiger partial charge in [0.1, 0.15) is 12.1 Å². The van der Waals surface area contributed by atoms with Gasteiger partial charge in [0.05, 0.1) is 0 Å². The van der Waals surface area contributed by atoms with E-state index in [2.05, 4.69) is 9.36 Å². The van der Waals surface area contributed by atoms with E-state index >= 15 is 0 Å². The largest absolute Gasteiger partial charge is 0.488 e. The predicted octanol–water partition coefficient (Wildman–Crippen LogP) is 0.649. The highest BCUT2D eigenvalue weighted by Crippen LogP contribution is 2.22. The van der Waals surface area contributed by atoms with Crippen molar-refractivity contribution >= 4 is 35.9 Å². The Balaban J connectivity index is 2.10. The molecule has 0 amide bonds. The topological polar surface area (TPSA) is 66.2 Å². The summed E-state index contributed by atoms with van der Waals surface area (Å²) in [5.41, 5.74) is 0.825. The maximum atomic E-state index is 13.2. The summed E-state index contributed by atoms with van der Waals surface area (Å²) in [6.07, 6.45) is 1.46. The molecule has 1 aromatic heterocycles. The minimum absolute atomic E-state index is 0.151. The second-order valence-electron chi connectivity index (χ2n) is 3.26. The molecule has 1 aromatic carbocycles. The summed E-state index contributed by atoms with van der Waals surface area (Å²) in [6, 6.07) is 4.02. The molecule has 0 radical (unpaired) electrons. The Morgan fingerprint density at radius 3 is 2.82 bits per heavy atom. The van der Waals surface area contributed by atoms with E-state index in [1.54, 1.807) is 6.07 Å². The second-order valence-corrected chi connectivity index (χ2v) is 5.26. The SMILES string of the molecule is OB(O)c1cc(F)cc(CSc2ncns2)c1. The molecular weight excluding hydrogens is 262 g/mol. The molecule has 0 atom stereocenters. The van der Waals surface area contributed by atoms with Crippen LogP contribution in [-0.2, 0) is 5.75 Å². The lowest BCUT2D eigenvalue weighted by molar-refractivity contribution is 0.425. The van der Waals surface area contributed by atoms with Crippen LogP contribution < -0.4 is 5.46 Å². The zero-order valence-electron chi connectivity index (χ0n) is 8.58. The third kappa shape index (κ3) is 3.50. The third-order valence-electron chi connectivity index (χ3n) is 1.98. The molecule has 0 aliphatic heterocycles. The van der Waals surface area contributed by atoms with E-state index in [4.69, 9.17) is 10.0 Å². The number of hydrogen-bond acceptors (Lipinski definition) is 6. The number of nitrogens with zero attached hydrogens (tertiary/aromatic N) is 2. The summed E-state index contributed by atoms with van der Waals surface area (Å²) in [4.78, 5) is 3.99. The molecule has 8 heteroatoms. The van der Waals surface area contributed by atoms with Gasteiger partial charge in [0.2, 0.25) is 0 Å². The Labute approximate surface area is 106 Å². The molecule has 2 N–H and O–H groups in total. The van der Waals surface area contributed by atoms with Crippen LogP contribution in [0.15, 0.2) is 28.9 Å². The van der Waals surface area contributed by atoms with E-state index < -0.39 is 12.9 Å². The number of hydrogen-bond donors (Lipinski definition) is 2. The Hall–Kier alpha value is -0.955. The first-order valence-corrected chi connectivity index (χ1v) is 6.46. The highest BCUT2D eigenvalue weighted by atomic mass is 32.2. The van der Waals surface area contributed by atoms with Crippen molar-refractivity contribution in [3.05, 3.63) is 35.9 Å². The van der Waals surface area contributed by atoms with Crippen molar-refractivity contribution in [2.45, 2.75) is 10.1 Å². The Bertz CT molecular complexity index is 496. The van der Waals surface area contributed by atoms with Gasteiger partial charge in [-0.2, -0.15) is 4.37 Å². The average molecular weight is 270 g/mol. The highest BCUT2D eigenvalue weighted by molar-refractivity contribution is 8.00. The quantitative estimate of drug-likeness (QED) is 0.630. The average Bonchev–Trinajstić information content (AvgIpc) is 2.78. The van der Waals surface area contributed by atoms with Gasteiger partial charge in [0.15, 0.2) is 4.34 Å². The van der Waals surface area contributed by atoms with Crippen LogP contribution in [0.5, 0.6) is 0 Å². The summed E-state index contributed by atoms with van der Waals surface area (Å²) in [6.45, 7) is 0. The number of benzene rings is 1. The molecule has 0 aliphatic rings. The summed E-state index contributed by atoms with van der Waals surface area (Å²) in [5, 5.41) is 18.0. The van der Waals surface area contributed by atoms with Gasteiger partial charge in [0, 0.05) is 5.75 Å². The van der Waals surface area contributed by atoms with Crippen LogP contribution in [0.2, 0.25) is 0 Å². The van der Waals surface area contributed by atoms with Gasteiger partial charge < -0.3 is 10.0 Å². The van der Waals surface area contributed by atoms with E-state index in [-0.39, 0.29) is 5.46 Å².